The summed E-state index contributed by atoms with van der Waals surface area (Å²) in [7, 11) is 1.77. The summed E-state index contributed by atoms with van der Waals surface area (Å²) in [5.74, 6) is 0.00946. The molecule has 2 aromatic heterocycles. The SMILES string of the molecule is Cn1ccnc1C(=O)c1ccc(NC(=O)C=Cc2cccs2)cc1. The lowest BCUT2D eigenvalue weighted by molar-refractivity contribution is -0.111. The number of nitrogens with zero attached hydrogens (tertiary/aromatic N) is 2. The number of imidazole rings is 1. The molecule has 2 heterocycles. The fourth-order valence-electron chi connectivity index (χ4n) is 2.15. The zero-order valence-electron chi connectivity index (χ0n) is 13.0. The molecule has 5 nitrogen and oxygen atoms in total. The second-order valence-electron chi connectivity index (χ2n) is 5.11. The number of anilines is 1. The zero-order chi connectivity index (χ0) is 16.9. The Morgan fingerprint density at radius 1 is 1.21 bits per heavy atom. The molecule has 1 N–H and O–H groups in total. The van der Waals surface area contributed by atoms with E-state index in [1.807, 2.05) is 17.5 Å². The summed E-state index contributed by atoms with van der Waals surface area (Å²) in [4.78, 5) is 29.3. The topological polar surface area (TPSA) is 64.0 Å². The van der Waals surface area contributed by atoms with Gasteiger partial charge in [0.15, 0.2) is 5.82 Å². The molecule has 1 aromatic carbocycles. The van der Waals surface area contributed by atoms with E-state index in [-0.39, 0.29) is 11.7 Å². The van der Waals surface area contributed by atoms with Crippen LogP contribution in [0.1, 0.15) is 21.1 Å². The molecule has 0 saturated carbocycles. The number of thiophene rings is 1. The molecule has 3 aromatic rings. The van der Waals surface area contributed by atoms with Crippen molar-refractivity contribution in [3.8, 4) is 0 Å². The van der Waals surface area contributed by atoms with Crippen molar-refractivity contribution < 1.29 is 9.59 Å². The highest BCUT2D eigenvalue weighted by molar-refractivity contribution is 7.10. The lowest BCUT2D eigenvalue weighted by atomic mass is 10.1. The van der Waals surface area contributed by atoms with Gasteiger partial charge in [-0.25, -0.2) is 4.98 Å². The van der Waals surface area contributed by atoms with Gasteiger partial charge in [-0.2, -0.15) is 0 Å². The molecule has 0 unspecified atom stereocenters. The minimum absolute atomic E-state index is 0.155. The lowest BCUT2D eigenvalue weighted by Gasteiger charge is -2.04. The van der Waals surface area contributed by atoms with E-state index in [1.54, 1.807) is 65.7 Å². The van der Waals surface area contributed by atoms with E-state index in [2.05, 4.69) is 10.3 Å². The summed E-state index contributed by atoms with van der Waals surface area (Å²) in [6.45, 7) is 0. The van der Waals surface area contributed by atoms with E-state index in [1.165, 1.54) is 6.08 Å². The van der Waals surface area contributed by atoms with Crippen LogP contribution in [0, 0.1) is 0 Å². The summed E-state index contributed by atoms with van der Waals surface area (Å²) in [6, 6.07) is 10.6. The normalized spacial score (nSPS) is 10.9. The van der Waals surface area contributed by atoms with Crippen LogP contribution in [0.25, 0.3) is 6.08 Å². The first kappa shape index (κ1) is 15.9. The molecule has 1 amide bonds. The number of carbonyl (C=O) groups is 2. The second kappa shape index (κ2) is 7.06. The van der Waals surface area contributed by atoms with Gasteiger partial charge >= 0.3 is 0 Å². The Kier molecular flexibility index (Phi) is 4.67. The number of aromatic nitrogens is 2. The van der Waals surface area contributed by atoms with Crippen LogP contribution in [-0.2, 0) is 11.8 Å². The second-order valence-corrected chi connectivity index (χ2v) is 6.09. The molecule has 0 bridgehead atoms. The number of hydrogen-bond donors (Lipinski definition) is 1. The van der Waals surface area contributed by atoms with Crippen LogP contribution >= 0.6 is 11.3 Å². The van der Waals surface area contributed by atoms with E-state index in [0.29, 0.717) is 17.1 Å². The van der Waals surface area contributed by atoms with Crippen molar-refractivity contribution in [2.45, 2.75) is 0 Å². The maximum absolute atomic E-state index is 12.3. The molecule has 0 aliphatic carbocycles. The van der Waals surface area contributed by atoms with Gasteiger partial charge in [-0.3, -0.25) is 9.59 Å². The Bertz CT molecular complexity index is 877. The van der Waals surface area contributed by atoms with E-state index in [9.17, 15) is 9.59 Å². The third kappa shape index (κ3) is 3.67. The maximum atomic E-state index is 12.3. The predicted molar refractivity (Wildman–Crippen MR) is 95.1 cm³/mol. The third-order valence-electron chi connectivity index (χ3n) is 3.38. The summed E-state index contributed by atoms with van der Waals surface area (Å²) in [5.41, 5.74) is 1.16. The molecular weight excluding hydrogens is 322 g/mol. The highest BCUT2D eigenvalue weighted by Crippen LogP contribution is 2.14. The molecule has 24 heavy (non-hydrogen) atoms. The van der Waals surface area contributed by atoms with Crippen LogP contribution in [0.4, 0.5) is 5.69 Å². The van der Waals surface area contributed by atoms with Crippen LogP contribution < -0.4 is 5.32 Å². The first-order valence-electron chi connectivity index (χ1n) is 7.28. The number of rotatable bonds is 5. The molecule has 6 heteroatoms. The van der Waals surface area contributed by atoms with Gasteiger partial charge in [0.05, 0.1) is 0 Å². The van der Waals surface area contributed by atoms with Gasteiger partial charge in [0, 0.05) is 41.6 Å². The molecule has 3 rings (SSSR count). The molecule has 0 atom stereocenters. The van der Waals surface area contributed by atoms with Gasteiger partial charge in [-0.05, 0) is 41.8 Å². The fourth-order valence-corrected chi connectivity index (χ4v) is 2.76. The number of amides is 1. The van der Waals surface area contributed by atoms with Gasteiger partial charge in [0.2, 0.25) is 11.7 Å². The quantitative estimate of drug-likeness (QED) is 0.573. The molecule has 0 radical (unpaired) electrons. The summed E-state index contributed by atoms with van der Waals surface area (Å²) < 4.78 is 1.67. The first-order chi connectivity index (χ1) is 11.6. The first-order valence-corrected chi connectivity index (χ1v) is 8.16. The maximum Gasteiger partial charge on any atom is 0.248 e. The van der Waals surface area contributed by atoms with Crippen molar-refractivity contribution in [1.82, 2.24) is 9.55 Å². The van der Waals surface area contributed by atoms with E-state index in [4.69, 9.17) is 0 Å². The number of ketones is 1. The van der Waals surface area contributed by atoms with E-state index in [0.717, 1.165) is 4.88 Å². The smallest absolute Gasteiger partial charge is 0.248 e. The Balaban J connectivity index is 1.65. The summed E-state index contributed by atoms with van der Waals surface area (Å²) >= 11 is 1.56. The van der Waals surface area contributed by atoms with E-state index >= 15 is 0 Å². The fraction of sp³-hybridized carbons (Fsp3) is 0.0556. The Morgan fingerprint density at radius 2 is 2.00 bits per heavy atom. The van der Waals surface area contributed by atoms with Gasteiger partial charge in [0.1, 0.15) is 0 Å². The Morgan fingerprint density at radius 3 is 2.62 bits per heavy atom. The standard InChI is InChI=1S/C18H15N3O2S/c1-21-11-10-19-18(21)17(23)13-4-6-14(7-5-13)20-16(22)9-8-15-3-2-12-24-15/h2-12H,1H3,(H,20,22). The molecule has 0 fully saturated rings. The van der Waals surface area contributed by atoms with Crippen LogP contribution in [0.2, 0.25) is 0 Å². The molecule has 0 spiro atoms. The highest BCUT2D eigenvalue weighted by atomic mass is 32.1. The minimum Gasteiger partial charge on any atom is -0.331 e. The van der Waals surface area contributed by atoms with Crippen molar-refractivity contribution in [2.75, 3.05) is 5.32 Å². The predicted octanol–water partition coefficient (Wildman–Crippen LogP) is 3.36. The van der Waals surface area contributed by atoms with Gasteiger partial charge in [0.25, 0.3) is 0 Å². The lowest BCUT2D eigenvalue weighted by Crippen LogP contribution is -2.10. The van der Waals surface area contributed by atoms with Crippen LogP contribution in [0.15, 0.2) is 60.2 Å². The third-order valence-corrected chi connectivity index (χ3v) is 4.22. The van der Waals surface area contributed by atoms with Gasteiger partial charge < -0.3 is 9.88 Å². The molecular formula is C18H15N3O2S. The Labute approximate surface area is 143 Å². The van der Waals surface area contributed by atoms with Crippen molar-refractivity contribution in [3.05, 3.63) is 76.5 Å². The largest absolute Gasteiger partial charge is 0.331 e. The molecule has 120 valence electrons. The van der Waals surface area contributed by atoms with Crippen molar-refractivity contribution in [3.63, 3.8) is 0 Å². The number of nitrogens with one attached hydrogen (secondary N) is 1. The minimum atomic E-state index is -0.216. The van der Waals surface area contributed by atoms with Crippen LogP contribution in [0.5, 0.6) is 0 Å². The number of benzene rings is 1. The highest BCUT2D eigenvalue weighted by Gasteiger charge is 2.13. The van der Waals surface area contributed by atoms with Crippen molar-refractivity contribution in [1.29, 1.82) is 0 Å². The van der Waals surface area contributed by atoms with Crippen LogP contribution in [0.3, 0.4) is 0 Å². The number of aryl methyl sites for hydroxylation is 1. The molecule has 0 aliphatic rings. The van der Waals surface area contributed by atoms with Gasteiger partial charge in [-0.1, -0.05) is 6.07 Å². The zero-order valence-corrected chi connectivity index (χ0v) is 13.8. The average Bonchev–Trinajstić information content (AvgIpc) is 3.24. The number of hydrogen-bond acceptors (Lipinski definition) is 4. The molecule has 0 saturated heterocycles. The molecule has 0 aliphatic heterocycles. The average molecular weight is 337 g/mol. The monoisotopic (exact) mass is 337 g/mol. The summed E-state index contributed by atoms with van der Waals surface area (Å²) in [6.07, 6.45) is 6.56. The number of carbonyl (C=O) groups excluding carboxylic acids is 2. The van der Waals surface area contributed by atoms with Crippen LogP contribution in [-0.4, -0.2) is 21.2 Å². The summed E-state index contributed by atoms with van der Waals surface area (Å²) in [5, 5.41) is 4.72. The van der Waals surface area contributed by atoms with Crippen molar-refractivity contribution in [2.24, 2.45) is 7.05 Å². The Hall–Kier alpha value is -2.99. The van der Waals surface area contributed by atoms with Gasteiger partial charge in [-0.15, -0.1) is 11.3 Å². The van der Waals surface area contributed by atoms with E-state index < -0.39 is 0 Å². The van der Waals surface area contributed by atoms with Crippen molar-refractivity contribution >= 4 is 34.8 Å².